The molecule has 1 unspecified atom stereocenters. The van der Waals surface area contributed by atoms with Crippen molar-refractivity contribution in [3.63, 3.8) is 0 Å². The number of fused-ring (bicyclic) bond motifs is 1. The standard InChI is InChI=1S/C14H22N4O2/c1-4-5-9-20-11(2)14(19)17(3)10-13-16-15-12-7-6-8-18(12)13/h4,11H,1,5-10H2,2-3H3. The van der Waals surface area contributed by atoms with Crippen LogP contribution in [0.2, 0.25) is 0 Å². The van der Waals surface area contributed by atoms with Crippen LogP contribution in [0, 0.1) is 0 Å². The highest BCUT2D eigenvalue weighted by Crippen LogP contribution is 2.15. The Labute approximate surface area is 119 Å². The van der Waals surface area contributed by atoms with Gasteiger partial charge in [-0.3, -0.25) is 4.79 Å². The van der Waals surface area contributed by atoms with Crippen molar-refractivity contribution in [3.05, 3.63) is 24.3 Å². The number of aryl methyl sites for hydroxylation is 1. The largest absolute Gasteiger partial charge is 0.368 e. The van der Waals surface area contributed by atoms with E-state index in [0.717, 1.165) is 37.5 Å². The lowest BCUT2D eigenvalue weighted by molar-refractivity contribution is -0.141. The van der Waals surface area contributed by atoms with Crippen LogP contribution in [-0.4, -0.2) is 45.3 Å². The second-order valence-electron chi connectivity index (χ2n) is 5.07. The first-order chi connectivity index (χ1) is 9.63. The number of rotatable bonds is 7. The summed E-state index contributed by atoms with van der Waals surface area (Å²) in [5, 5.41) is 8.31. The summed E-state index contributed by atoms with van der Waals surface area (Å²) in [6.07, 6.45) is 4.17. The Morgan fingerprint density at radius 2 is 2.40 bits per heavy atom. The van der Waals surface area contributed by atoms with Crippen LogP contribution in [0.3, 0.4) is 0 Å². The molecule has 20 heavy (non-hydrogen) atoms. The maximum Gasteiger partial charge on any atom is 0.251 e. The molecule has 6 nitrogen and oxygen atoms in total. The fraction of sp³-hybridized carbons (Fsp3) is 0.643. The lowest BCUT2D eigenvalue weighted by Crippen LogP contribution is -2.36. The van der Waals surface area contributed by atoms with Gasteiger partial charge in [-0.15, -0.1) is 16.8 Å². The van der Waals surface area contributed by atoms with Gasteiger partial charge in [-0.25, -0.2) is 0 Å². The van der Waals surface area contributed by atoms with E-state index in [1.165, 1.54) is 0 Å². The van der Waals surface area contributed by atoms with Gasteiger partial charge in [0.2, 0.25) is 0 Å². The van der Waals surface area contributed by atoms with E-state index in [-0.39, 0.29) is 5.91 Å². The molecule has 1 aromatic heterocycles. The van der Waals surface area contributed by atoms with E-state index >= 15 is 0 Å². The molecule has 110 valence electrons. The maximum atomic E-state index is 12.2. The number of amides is 1. The summed E-state index contributed by atoms with van der Waals surface area (Å²) in [7, 11) is 1.77. The monoisotopic (exact) mass is 278 g/mol. The van der Waals surface area contributed by atoms with Gasteiger partial charge in [-0.1, -0.05) is 6.08 Å². The molecule has 0 bridgehead atoms. The average Bonchev–Trinajstić information content (AvgIpc) is 3.03. The Bertz CT molecular complexity index is 484. The summed E-state index contributed by atoms with van der Waals surface area (Å²) in [5.41, 5.74) is 0. The predicted octanol–water partition coefficient (Wildman–Crippen LogP) is 1.16. The molecule has 0 saturated carbocycles. The number of ether oxygens (including phenoxy) is 1. The zero-order valence-corrected chi connectivity index (χ0v) is 12.2. The molecular formula is C14H22N4O2. The van der Waals surface area contributed by atoms with Crippen molar-refractivity contribution < 1.29 is 9.53 Å². The zero-order valence-electron chi connectivity index (χ0n) is 12.2. The highest BCUT2D eigenvalue weighted by molar-refractivity contribution is 5.80. The molecular weight excluding hydrogens is 256 g/mol. The van der Waals surface area contributed by atoms with Crippen LogP contribution < -0.4 is 0 Å². The quantitative estimate of drug-likeness (QED) is 0.555. The highest BCUT2D eigenvalue weighted by atomic mass is 16.5. The van der Waals surface area contributed by atoms with Crippen LogP contribution in [-0.2, 0) is 29.0 Å². The summed E-state index contributed by atoms with van der Waals surface area (Å²) in [4.78, 5) is 13.8. The van der Waals surface area contributed by atoms with Crippen LogP contribution >= 0.6 is 0 Å². The van der Waals surface area contributed by atoms with Gasteiger partial charge in [0.1, 0.15) is 11.9 Å². The fourth-order valence-electron chi connectivity index (χ4n) is 2.33. The second kappa shape index (κ2) is 6.65. The van der Waals surface area contributed by atoms with Crippen molar-refractivity contribution in [3.8, 4) is 0 Å². The van der Waals surface area contributed by atoms with Crippen molar-refractivity contribution in [2.24, 2.45) is 0 Å². The minimum Gasteiger partial charge on any atom is -0.368 e. The van der Waals surface area contributed by atoms with Gasteiger partial charge in [0.15, 0.2) is 5.82 Å². The number of hydrogen-bond donors (Lipinski definition) is 0. The van der Waals surface area contributed by atoms with Gasteiger partial charge in [0.05, 0.1) is 13.2 Å². The zero-order chi connectivity index (χ0) is 14.5. The van der Waals surface area contributed by atoms with Gasteiger partial charge in [0, 0.05) is 20.0 Å². The van der Waals surface area contributed by atoms with Crippen LogP contribution in [0.4, 0.5) is 0 Å². The summed E-state index contributed by atoms with van der Waals surface area (Å²) >= 11 is 0. The maximum absolute atomic E-state index is 12.2. The average molecular weight is 278 g/mol. The van der Waals surface area contributed by atoms with E-state index in [4.69, 9.17) is 4.74 Å². The van der Waals surface area contributed by atoms with E-state index < -0.39 is 6.10 Å². The molecule has 6 heteroatoms. The lowest BCUT2D eigenvalue weighted by Gasteiger charge is -2.21. The molecule has 0 radical (unpaired) electrons. The number of likely N-dealkylation sites (N-methyl/N-ethyl adjacent to an activating group) is 1. The van der Waals surface area contributed by atoms with Crippen molar-refractivity contribution in [1.29, 1.82) is 0 Å². The SMILES string of the molecule is C=CCCOC(C)C(=O)N(C)Cc1nnc2n1CCC2. The van der Waals surface area contributed by atoms with Crippen molar-refractivity contribution in [2.45, 2.75) is 45.4 Å². The molecule has 0 aromatic carbocycles. The van der Waals surface area contributed by atoms with E-state index in [0.29, 0.717) is 13.2 Å². The Kier molecular flexibility index (Phi) is 4.89. The number of carbonyl (C=O) groups excluding carboxylic acids is 1. The normalized spacial score (nSPS) is 14.9. The molecule has 0 fully saturated rings. The predicted molar refractivity (Wildman–Crippen MR) is 75.0 cm³/mol. The van der Waals surface area contributed by atoms with Gasteiger partial charge in [-0.05, 0) is 19.8 Å². The van der Waals surface area contributed by atoms with Gasteiger partial charge in [0.25, 0.3) is 5.91 Å². The Balaban J connectivity index is 1.88. The number of carbonyl (C=O) groups is 1. The Morgan fingerprint density at radius 3 is 3.15 bits per heavy atom. The molecule has 2 rings (SSSR count). The Morgan fingerprint density at radius 1 is 1.60 bits per heavy atom. The summed E-state index contributed by atoms with van der Waals surface area (Å²) < 4.78 is 7.58. The Hall–Kier alpha value is -1.69. The van der Waals surface area contributed by atoms with Crippen LogP contribution in [0.15, 0.2) is 12.7 Å². The smallest absolute Gasteiger partial charge is 0.251 e. The van der Waals surface area contributed by atoms with E-state index in [2.05, 4.69) is 21.3 Å². The summed E-state index contributed by atoms with van der Waals surface area (Å²) in [6, 6.07) is 0. The van der Waals surface area contributed by atoms with E-state index in [9.17, 15) is 4.79 Å². The molecule has 0 saturated heterocycles. The summed E-state index contributed by atoms with van der Waals surface area (Å²) in [5.74, 6) is 1.84. The summed E-state index contributed by atoms with van der Waals surface area (Å²) in [6.45, 7) is 7.34. The van der Waals surface area contributed by atoms with E-state index in [1.54, 1.807) is 24.9 Å². The highest BCUT2D eigenvalue weighted by Gasteiger charge is 2.22. The fourth-order valence-corrected chi connectivity index (χ4v) is 2.33. The third kappa shape index (κ3) is 3.25. The molecule has 1 aromatic rings. The minimum absolute atomic E-state index is 0.0376. The van der Waals surface area contributed by atoms with Gasteiger partial charge < -0.3 is 14.2 Å². The minimum atomic E-state index is -0.444. The van der Waals surface area contributed by atoms with Gasteiger partial charge in [-0.2, -0.15) is 0 Å². The van der Waals surface area contributed by atoms with Crippen molar-refractivity contribution in [2.75, 3.05) is 13.7 Å². The molecule has 0 spiro atoms. The third-order valence-electron chi connectivity index (χ3n) is 3.48. The molecule has 2 heterocycles. The lowest BCUT2D eigenvalue weighted by atomic mass is 10.3. The first kappa shape index (κ1) is 14.7. The molecule has 0 N–H and O–H groups in total. The number of hydrogen-bond acceptors (Lipinski definition) is 4. The van der Waals surface area contributed by atoms with Crippen molar-refractivity contribution >= 4 is 5.91 Å². The van der Waals surface area contributed by atoms with Crippen LogP contribution in [0.25, 0.3) is 0 Å². The second-order valence-corrected chi connectivity index (χ2v) is 5.07. The van der Waals surface area contributed by atoms with Crippen LogP contribution in [0.1, 0.15) is 31.4 Å². The first-order valence-electron chi connectivity index (χ1n) is 7.02. The molecule has 1 aliphatic heterocycles. The van der Waals surface area contributed by atoms with E-state index in [1.807, 2.05) is 0 Å². The first-order valence-corrected chi connectivity index (χ1v) is 7.02. The number of nitrogens with zero attached hydrogens (tertiary/aromatic N) is 4. The number of aromatic nitrogens is 3. The van der Waals surface area contributed by atoms with Crippen molar-refractivity contribution in [1.82, 2.24) is 19.7 Å². The molecule has 1 amide bonds. The third-order valence-corrected chi connectivity index (χ3v) is 3.48. The molecule has 0 aliphatic carbocycles. The molecule has 1 atom stereocenters. The van der Waals surface area contributed by atoms with Crippen LogP contribution in [0.5, 0.6) is 0 Å². The van der Waals surface area contributed by atoms with Gasteiger partial charge >= 0.3 is 0 Å². The molecule has 1 aliphatic rings. The topological polar surface area (TPSA) is 60.2 Å².